The van der Waals surface area contributed by atoms with Crippen molar-refractivity contribution in [3.8, 4) is 11.3 Å². The minimum absolute atomic E-state index is 0.760. The zero-order valence-electron chi connectivity index (χ0n) is 10.7. The fourth-order valence-electron chi connectivity index (χ4n) is 2.61. The summed E-state index contributed by atoms with van der Waals surface area (Å²) < 4.78 is 0. The maximum absolute atomic E-state index is 5.94. The molecular formula is C18H12ClN. The molecule has 0 amide bonds. The van der Waals surface area contributed by atoms with Crippen LogP contribution < -0.4 is 0 Å². The molecule has 0 spiro atoms. The van der Waals surface area contributed by atoms with E-state index in [0.717, 1.165) is 21.8 Å². The summed E-state index contributed by atoms with van der Waals surface area (Å²) in [5, 5.41) is 4.51. The van der Waals surface area contributed by atoms with Crippen molar-refractivity contribution in [3.63, 3.8) is 0 Å². The Morgan fingerprint density at radius 3 is 2.15 bits per heavy atom. The fourth-order valence-corrected chi connectivity index (χ4v) is 2.73. The van der Waals surface area contributed by atoms with Crippen molar-refractivity contribution in [1.82, 2.24) is 4.98 Å². The Bertz CT molecular complexity index is 851. The molecule has 96 valence electrons. The van der Waals surface area contributed by atoms with E-state index in [2.05, 4.69) is 47.4 Å². The highest BCUT2D eigenvalue weighted by atomic mass is 35.5. The molecule has 3 aromatic carbocycles. The molecule has 0 unspecified atom stereocenters. The molecule has 1 N–H and O–H groups in total. The predicted molar refractivity (Wildman–Crippen MR) is 86.3 cm³/mol. The van der Waals surface area contributed by atoms with E-state index in [0.29, 0.717) is 0 Å². The number of hydrogen-bond donors (Lipinski definition) is 1. The van der Waals surface area contributed by atoms with Gasteiger partial charge in [-0.25, -0.2) is 0 Å². The number of aromatic amines is 1. The van der Waals surface area contributed by atoms with Gasteiger partial charge in [-0.2, -0.15) is 0 Å². The number of nitrogens with one attached hydrogen (secondary N) is 1. The summed E-state index contributed by atoms with van der Waals surface area (Å²) >= 11 is 5.94. The van der Waals surface area contributed by atoms with E-state index < -0.39 is 0 Å². The van der Waals surface area contributed by atoms with Gasteiger partial charge in [0.15, 0.2) is 0 Å². The summed E-state index contributed by atoms with van der Waals surface area (Å²) in [5.74, 6) is 0. The van der Waals surface area contributed by atoms with Crippen molar-refractivity contribution < 1.29 is 0 Å². The first-order valence-electron chi connectivity index (χ1n) is 6.57. The Morgan fingerprint density at radius 1 is 0.700 bits per heavy atom. The number of rotatable bonds is 1. The summed E-state index contributed by atoms with van der Waals surface area (Å²) in [6, 6.07) is 22.9. The second kappa shape index (κ2) is 4.39. The summed E-state index contributed by atoms with van der Waals surface area (Å²) in [4.78, 5) is 3.48. The minimum Gasteiger partial charge on any atom is -0.355 e. The third-order valence-corrected chi connectivity index (χ3v) is 3.89. The van der Waals surface area contributed by atoms with Crippen molar-refractivity contribution in [2.75, 3.05) is 0 Å². The van der Waals surface area contributed by atoms with Gasteiger partial charge < -0.3 is 4.98 Å². The molecule has 0 saturated heterocycles. The Labute approximate surface area is 121 Å². The first-order valence-corrected chi connectivity index (χ1v) is 6.95. The molecule has 1 nitrogen and oxygen atoms in total. The molecule has 0 saturated carbocycles. The molecule has 20 heavy (non-hydrogen) atoms. The van der Waals surface area contributed by atoms with Crippen molar-refractivity contribution in [2.45, 2.75) is 0 Å². The van der Waals surface area contributed by atoms with Crippen LogP contribution in [0.1, 0.15) is 0 Å². The van der Waals surface area contributed by atoms with Crippen molar-refractivity contribution in [2.24, 2.45) is 0 Å². The molecule has 0 atom stereocenters. The lowest BCUT2D eigenvalue weighted by Crippen LogP contribution is -1.76. The van der Waals surface area contributed by atoms with Gasteiger partial charge in [0.1, 0.15) is 0 Å². The average Bonchev–Trinajstić information content (AvgIpc) is 2.88. The van der Waals surface area contributed by atoms with Crippen LogP contribution in [0, 0.1) is 0 Å². The summed E-state index contributed by atoms with van der Waals surface area (Å²) in [7, 11) is 0. The molecule has 0 aliphatic heterocycles. The highest BCUT2D eigenvalue weighted by Gasteiger charge is 2.04. The molecule has 0 fully saturated rings. The lowest BCUT2D eigenvalue weighted by atomic mass is 10.1. The number of halogens is 1. The summed E-state index contributed by atoms with van der Waals surface area (Å²) in [5.41, 5.74) is 3.43. The lowest BCUT2D eigenvalue weighted by molar-refractivity contribution is 1.46. The van der Waals surface area contributed by atoms with E-state index in [4.69, 9.17) is 11.6 Å². The van der Waals surface area contributed by atoms with Gasteiger partial charge in [0.25, 0.3) is 0 Å². The van der Waals surface area contributed by atoms with Crippen LogP contribution in [-0.4, -0.2) is 4.98 Å². The molecule has 0 radical (unpaired) electrons. The van der Waals surface area contributed by atoms with Gasteiger partial charge in [-0.1, -0.05) is 48.0 Å². The van der Waals surface area contributed by atoms with E-state index in [1.54, 1.807) is 0 Å². The zero-order chi connectivity index (χ0) is 13.5. The van der Waals surface area contributed by atoms with Crippen LogP contribution in [0.4, 0.5) is 0 Å². The third-order valence-electron chi connectivity index (χ3n) is 3.64. The molecule has 4 rings (SSSR count). The number of fused-ring (bicyclic) bond motifs is 2. The standard InChI is InChI=1S/C18H12ClN/c19-16-7-5-12(6-8-16)17-11-15-9-13-3-1-2-4-14(13)10-18(15)20-17/h1-11,20H. The van der Waals surface area contributed by atoms with Gasteiger partial charge in [-0.05, 0) is 46.7 Å². The van der Waals surface area contributed by atoms with Gasteiger partial charge in [-0.3, -0.25) is 0 Å². The van der Waals surface area contributed by atoms with Crippen LogP contribution in [0.5, 0.6) is 0 Å². The topological polar surface area (TPSA) is 15.8 Å². The second-order valence-corrected chi connectivity index (χ2v) is 5.41. The van der Waals surface area contributed by atoms with E-state index in [1.165, 1.54) is 16.2 Å². The summed E-state index contributed by atoms with van der Waals surface area (Å²) in [6.07, 6.45) is 0. The number of H-pyrrole nitrogens is 1. The Morgan fingerprint density at radius 2 is 1.40 bits per heavy atom. The normalized spacial score (nSPS) is 11.2. The molecule has 1 heterocycles. The average molecular weight is 278 g/mol. The van der Waals surface area contributed by atoms with Crippen LogP contribution in [-0.2, 0) is 0 Å². The monoisotopic (exact) mass is 277 g/mol. The first kappa shape index (κ1) is 11.6. The third kappa shape index (κ3) is 1.87. The molecular weight excluding hydrogens is 266 g/mol. The Kier molecular flexibility index (Phi) is 2.54. The molecule has 4 aromatic rings. The van der Waals surface area contributed by atoms with Crippen molar-refractivity contribution in [1.29, 1.82) is 0 Å². The van der Waals surface area contributed by atoms with Crippen LogP contribution in [0.15, 0.2) is 66.7 Å². The maximum atomic E-state index is 5.94. The van der Waals surface area contributed by atoms with Gasteiger partial charge >= 0.3 is 0 Å². The SMILES string of the molecule is Clc1ccc(-c2cc3cc4ccccc4cc3[nH]2)cc1. The lowest BCUT2D eigenvalue weighted by Gasteiger charge is -1.97. The zero-order valence-corrected chi connectivity index (χ0v) is 11.5. The fraction of sp³-hybridized carbons (Fsp3) is 0. The molecule has 0 aliphatic carbocycles. The van der Waals surface area contributed by atoms with E-state index in [1.807, 2.05) is 24.3 Å². The molecule has 1 aromatic heterocycles. The van der Waals surface area contributed by atoms with Gasteiger partial charge in [0.2, 0.25) is 0 Å². The van der Waals surface area contributed by atoms with E-state index in [-0.39, 0.29) is 0 Å². The summed E-state index contributed by atoms with van der Waals surface area (Å²) in [6.45, 7) is 0. The van der Waals surface area contributed by atoms with E-state index in [9.17, 15) is 0 Å². The quantitative estimate of drug-likeness (QED) is 0.463. The van der Waals surface area contributed by atoms with Gasteiger partial charge in [0, 0.05) is 21.6 Å². The van der Waals surface area contributed by atoms with E-state index >= 15 is 0 Å². The Balaban J connectivity index is 1.93. The van der Waals surface area contributed by atoms with Crippen LogP contribution >= 0.6 is 11.6 Å². The van der Waals surface area contributed by atoms with Gasteiger partial charge in [-0.15, -0.1) is 0 Å². The molecule has 2 heteroatoms. The largest absolute Gasteiger partial charge is 0.355 e. The smallest absolute Gasteiger partial charge is 0.0465 e. The highest BCUT2D eigenvalue weighted by Crippen LogP contribution is 2.28. The Hall–Kier alpha value is -2.25. The van der Waals surface area contributed by atoms with Crippen molar-refractivity contribution >= 4 is 33.3 Å². The minimum atomic E-state index is 0.760. The van der Waals surface area contributed by atoms with Crippen LogP contribution in [0.3, 0.4) is 0 Å². The maximum Gasteiger partial charge on any atom is 0.0465 e. The van der Waals surface area contributed by atoms with Crippen LogP contribution in [0.2, 0.25) is 5.02 Å². The molecule has 0 aliphatic rings. The predicted octanol–water partition coefficient (Wildman–Crippen LogP) is 5.64. The van der Waals surface area contributed by atoms with Crippen LogP contribution in [0.25, 0.3) is 32.9 Å². The second-order valence-electron chi connectivity index (χ2n) is 4.98. The number of benzene rings is 3. The first-order chi connectivity index (χ1) is 9.79. The number of aromatic nitrogens is 1. The van der Waals surface area contributed by atoms with Crippen molar-refractivity contribution in [3.05, 3.63) is 71.8 Å². The number of hydrogen-bond acceptors (Lipinski definition) is 0. The highest BCUT2D eigenvalue weighted by molar-refractivity contribution is 6.30. The van der Waals surface area contributed by atoms with Gasteiger partial charge in [0.05, 0.1) is 0 Å². The molecule has 0 bridgehead atoms.